The zero-order chi connectivity index (χ0) is 10.7. The average molecular weight is 288 g/mol. The molecular formula is C11H14BrNOS. The van der Waals surface area contributed by atoms with Crippen LogP contribution in [0.4, 0.5) is 5.00 Å². The van der Waals surface area contributed by atoms with Crippen LogP contribution in [-0.2, 0) is 4.79 Å². The minimum atomic E-state index is 0.435. The van der Waals surface area contributed by atoms with E-state index in [2.05, 4.69) is 32.7 Å². The van der Waals surface area contributed by atoms with Gasteiger partial charge in [-0.2, -0.15) is 0 Å². The normalized spacial score (nSPS) is 18.1. The van der Waals surface area contributed by atoms with Gasteiger partial charge in [0.2, 0.25) is 0 Å². The molecule has 0 unspecified atom stereocenters. The van der Waals surface area contributed by atoms with Gasteiger partial charge in [-0.3, -0.25) is 4.79 Å². The molecule has 0 bridgehead atoms. The number of hydrogen-bond donors (Lipinski definition) is 1. The molecule has 4 heteroatoms. The Labute approximate surface area is 102 Å². The second kappa shape index (κ2) is 5.12. The van der Waals surface area contributed by atoms with Gasteiger partial charge in [0.15, 0.2) is 0 Å². The van der Waals surface area contributed by atoms with Crippen LogP contribution >= 0.6 is 27.3 Å². The van der Waals surface area contributed by atoms with Crippen LogP contribution in [0.3, 0.4) is 0 Å². The number of halogens is 1. The summed E-state index contributed by atoms with van der Waals surface area (Å²) in [7, 11) is 0. The fourth-order valence-electron chi connectivity index (χ4n) is 1.85. The molecule has 15 heavy (non-hydrogen) atoms. The van der Waals surface area contributed by atoms with E-state index in [0.717, 1.165) is 36.7 Å². The predicted molar refractivity (Wildman–Crippen MR) is 67.5 cm³/mol. The number of carbonyl (C=O) groups is 1. The lowest BCUT2D eigenvalue weighted by Gasteiger charge is -2.21. The first-order valence-corrected chi connectivity index (χ1v) is 6.91. The molecule has 1 aliphatic carbocycles. The number of carbonyl (C=O) groups excluding carboxylic acids is 1. The van der Waals surface area contributed by atoms with Crippen LogP contribution in [0.15, 0.2) is 15.9 Å². The smallest absolute Gasteiger partial charge is 0.132 e. The second-order valence-electron chi connectivity index (χ2n) is 3.99. The Morgan fingerprint density at radius 3 is 2.80 bits per heavy atom. The maximum absolute atomic E-state index is 11.1. The molecule has 1 heterocycles. The highest BCUT2D eigenvalue weighted by molar-refractivity contribution is 9.10. The highest BCUT2D eigenvalue weighted by Crippen LogP contribution is 2.26. The Morgan fingerprint density at radius 1 is 1.47 bits per heavy atom. The van der Waals surface area contributed by atoms with Crippen LogP contribution in [0.2, 0.25) is 0 Å². The first-order valence-electron chi connectivity index (χ1n) is 5.23. The third kappa shape index (κ3) is 3.31. The Balaban J connectivity index is 1.76. The molecule has 0 radical (unpaired) electrons. The predicted octanol–water partition coefficient (Wildman–Crippen LogP) is 3.68. The summed E-state index contributed by atoms with van der Waals surface area (Å²) in [5.74, 6) is 1.11. The molecule has 0 aliphatic heterocycles. The SMILES string of the molecule is O=C1CCC(CNc2cc(Br)cs2)CC1. The van der Waals surface area contributed by atoms with E-state index in [0.29, 0.717) is 11.7 Å². The maximum atomic E-state index is 11.1. The van der Waals surface area contributed by atoms with Crippen molar-refractivity contribution in [1.29, 1.82) is 0 Å². The van der Waals surface area contributed by atoms with Crippen molar-refractivity contribution in [2.75, 3.05) is 11.9 Å². The molecule has 0 amide bonds. The minimum absolute atomic E-state index is 0.435. The largest absolute Gasteiger partial charge is 0.377 e. The monoisotopic (exact) mass is 287 g/mol. The highest BCUT2D eigenvalue weighted by atomic mass is 79.9. The van der Waals surface area contributed by atoms with Gasteiger partial charge in [-0.1, -0.05) is 0 Å². The molecule has 2 rings (SSSR count). The van der Waals surface area contributed by atoms with Gasteiger partial charge in [-0.25, -0.2) is 0 Å². The Morgan fingerprint density at radius 2 is 2.20 bits per heavy atom. The molecule has 1 N–H and O–H groups in total. The minimum Gasteiger partial charge on any atom is -0.377 e. The lowest BCUT2D eigenvalue weighted by molar-refractivity contribution is -0.120. The van der Waals surface area contributed by atoms with Crippen LogP contribution in [0.5, 0.6) is 0 Å². The number of rotatable bonds is 3. The van der Waals surface area contributed by atoms with Crippen molar-refractivity contribution < 1.29 is 4.79 Å². The fourth-order valence-corrected chi connectivity index (χ4v) is 3.18. The Kier molecular flexibility index (Phi) is 3.81. The number of ketones is 1. The number of hydrogen-bond acceptors (Lipinski definition) is 3. The molecule has 0 aromatic carbocycles. The third-order valence-electron chi connectivity index (χ3n) is 2.80. The van der Waals surface area contributed by atoms with E-state index in [4.69, 9.17) is 0 Å². The number of thiophene rings is 1. The molecule has 1 fully saturated rings. The van der Waals surface area contributed by atoms with E-state index in [-0.39, 0.29) is 0 Å². The summed E-state index contributed by atoms with van der Waals surface area (Å²) in [6, 6.07) is 2.10. The molecule has 82 valence electrons. The molecular weight excluding hydrogens is 274 g/mol. The van der Waals surface area contributed by atoms with Gasteiger partial charge in [0.1, 0.15) is 5.78 Å². The zero-order valence-electron chi connectivity index (χ0n) is 8.46. The molecule has 0 spiro atoms. The van der Waals surface area contributed by atoms with Crippen LogP contribution in [0.1, 0.15) is 25.7 Å². The summed E-state index contributed by atoms with van der Waals surface area (Å²) in [5, 5.41) is 6.71. The molecule has 0 atom stereocenters. The van der Waals surface area contributed by atoms with Crippen LogP contribution in [0.25, 0.3) is 0 Å². The molecule has 1 aromatic heterocycles. The zero-order valence-corrected chi connectivity index (χ0v) is 10.9. The average Bonchev–Trinajstić information content (AvgIpc) is 2.64. The van der Waals surface area contributed by atoms with Crippen molar-refractivity contribution in [3.8, 4) is 0 Å². The molecule has 1 aromatic rings. The van der Waals surface area contributed by atoms with Gasteiger partial charge in [-0.05, 0) is 40.8 Å². The van der Waals surface area contributed by atoms with E-state index < -0.39 is 0 Å². The summed E-state index contributed by atoms with van der Waals surface area (Å²) in [6.07, 6.45) is 3.66. The summed E-state index contributed by atoms with van der Waals surface area (Å²) >= 11 is 5.15. The van der Waals surface area contributed by atoms with Gasteiger partial charge < -0.3 is 5.32 Å². The molecule has 1 aliphatic rings. The topological polar surface area (TPSA) is 29.1 Å². The standard InChI is InChI=1S/C11H14BrNOS/c12-9-5-11(15-7-9)13-6-8-1-3-10(14)4-2-8/h5,7-8,13H,1-4,6H2. The summed E-state index contributed by atoms with van der Waals surface area (Å²) in [6.45, 7) is 1.00. The number of anilines is 1. The van der Waals surface area contributed by atoms with Crippen molar-refractivity contribution in [3.63, 3.8) is 0 Å². The highest BCUT2D eigenvalue weighted by Gasteiger charge is 2.18. The van der Waals surface area contributed by atoms with Gasteiger partial charge in [0.25, 0.3) is 0 Å². The lowest BCUT2D eigenvalue weighted by Crippen LogP contribution is -2.20. The first kappa shape index (κ1) is 11.1. The van der Waals surface area contributed by atoms with E-state index in [9.17, 15) is 4.79 Å². The van der Waals surface area contributed by atoms with E-state index in [1.54, 1.807) is 11.3 Å². The van der Waals surface area contributed by atoms with Gasteiger partial charge in [0, 0.05) is 29.2 Å². The Hall–Kier alpha value is -0.350. The van der Waals surface area contributed by atoms with Crippen molar-refractivity contribution in [1.82, 2.24) is 0 Å². The molecule has 0 saturated heterocycles. The number of Topliss-reactive ketones (excluding diaryl/α,β-unsaturated/α-hetero) is 1. The third-order valence-corrected chi connectivity index (χ3v) is 4.44. The lowest BCUT2D eigenvalue weighted by atomic mass is 9.88. The number of nitrogens with one attached hydrogen (secondary N) is 1. The van der Waals surface area contributed by atoms with Crippen molar-refractivity contribution in [2.45, 2.75) is 25.7 Å². The van der Waals surface area contributed by atoms with E-state index in [1.807, 2.05) is 0 Å². The van der Waals surface area contributed by atoms with Crippen molar-refractivity contribution >= 4 is 38.1 Å². The summed E-state index contributed by atoms with van der Waals surface area (Å²) < 4.78 is 1.13. The quantitative estimate of drug-likeness (QED) is 0.919. The van der Waals surface area contributed by atoms with Gasteiger partial charge in [-0.15, -0.1) is 11.3 Å². The van der Waals surface area contributed by atoms with Gasteiger partial charge in [0.05, 0.1) is 5.00 Å². The van der Waals surface area contributed by atoms with Gasteiger partial charge >= 0.3 is 0 Å². The maximum Gasteiger partial charge on any atom is 0.132 e. The van der Waals surface area contributed by atoms with Crippen LogP contribution < -0.4 is 5.32 Å². The fraction of sp³-hybridized carbons (Fsp3) is 0.545. The van der Waals surface area contributed by atoms with Crippen molar-refractivity contribution in [3.05, 3.63) is 15.9 Å². The molecule has 2 nitrogen and oxygen atoms in total. The second-order valence-corrected chi connectivity index (χ2v) is 5.82. The van der Waals surface area contributed by atoms with Crippen LogP contribution in [0, 0.1) is 5.92 Å². The van der Waals surface area contributed by atoms with E-state index >= 15 is 0 Å². The molecule has 1 saturated carbocycles. The van der Waals surface area contributed by atoms with E-state index in [1.165, 1.54) is 5.00 Å². The van der Waals surface area contributed by atoms with Crippen molar-refractivity contribution in [2.24, 2.45) is 5.92 Å². The van der Waals surface area contributed by atoms with Crippen LogP contribution in [-0.4, -0.2) is 12.3 Å². The summed E-state index contributed by atoms with van der Waals surface area (Å²) in [4.78, 5) is 11.1. The Bertz CT molecular complexity index is 340. The summed E-state index contributed by atoms with van der Waals surface area (Å²) in [5.41, 5.74) is 0. The first-order chi connectivity index (χ1) is 7.24.